The number of rotatable bonds is 3. The second-order valence-electron chi connectivity index (χ2n) is 7.72. The molecule has 31 heavy (non-hydrogen) atoms. The van der Waals surface area contributed by atoms with Gasteiger partial charge in [-0.15, -0.1) is 11.3 Å². The van der Waals surface area contributed by atoms with Gasteiger partial charge in [0, 0.05) is 30.5 Å². The molecule has 1 fully saturated rings. The molecule has 0 saturated carbocycles. The molecule has 1 amide bonds. The molecule has 1 saturated heterocycles. The summed E-state index contributed by atoms with van der Waals surface area (Å²) >= 11 is 1.77. The lowest BCUT2D eigenvalue weighted by Crippen LogP contribution is -2.48. The van der Waals surface area contributed by atoms with Crippen LogP contribution in [0.5, 0.6) is 5.75 Å². The van der Waals surface area contributed by atoms with Crippen molar-refractivity contribution in [3.05, 3.63) is 63.0 Å². The lowest BCUT2D eigenvalue weighted by molar-refractivity contribution is -0.0926. The first-order valence-corrected chi connectivity index (χ1v) is 11.0. The van der Waals surface area contributed by atoms with E-state index >= 15 is 0 Å². The Balaban J connectivity index is 1.36. The van der Waals surface area contributed by atoms with E-state index in [1.54, 1.807) is 29.5 Å². The zero-order valence-corrected chi connectivity index (χ0v) is 17.9. The van der Waals surface area contributed by atoms with E-state index in [0.717, 1.165) is 35.6 Å². The largest absolute Gasteiger partial charge is 0.495 e. The molecule has 5 rings (SSSR count). The van der Waals surface area contributed by atoms with Crippen molar-refractivity contribution in [2.75, 3.05) is 26.8 Å². The number of hydrogen-bond acceptors (Lipinski definition) is 7. The van der Waals surface area contributed by atoms with Crippen LogP contribution < -0.4 is 10.3 Å². The molecule has 0 atom stereocenters. The Labute approximate surface area is 182 Å². The Morgan fingerprint density at radius 3 is 2.77 bits per heavy atom. The van der Waals surface area contributed by atoms with E-state index in [9.17, 15) is 9.59 Å². The third kappa shape index (κ3) is 3.64. The second kappa shape index (κ2) is 7.90. The normalized spacial score (nSPS) is 17.4. The number of nitrogens with one attached hydrogen (secondary N) is 1. The number of H-pyrrole nitrogens is 1. The maximum atomic E-state index is 12.8. The topological polar surface area (TPSA) is 97.4 Å². The minimum absolute atomic E-state index is 0.171. The van der Waals surface area contributed by atoms with Gasteiger partial charge < -0.3 is 14.4 Å². The molecular formula is C22H22N4O4S. The van der Waals surface area contributed by atoms with Crippen LogP contribution in [0.3, 0.4) is 0 Å². The molecule has 0 aromatic carbocycles. The van der Waals surface area contributed by atoms with Crippen molar-refractivity contribution in [1.29, 1.82) is 0 Å². The number of thiophene rings is 1. The highest BCUT2D eigenvalue weighted by Crippen LogP contribution is 2.46. The fourth-order valence-electron chi connectivity index (χ4n) is 4.30. The van der Waals surface area contributed by atoms with Crippen LogP contribution >= 0.6 is 11.3 Å². The number of carbonyl (C=O) groups is 1. The second-order valence-corrected chi connectivity index (χ2v) is 8.86. The highest BCUT2D eigenvalue weighted by molar-refractivity contribution is 7.15. The number of aromatic amines is 1. The molecule has 160 valence electrons. The standard InChI is InChI=1S/C22H22N4O4S/c1-29-14-2-3-16(23-13-14)19-12-15-18(31-19)6-11-30-22(15)7-9-26(10-8-22)21(28)17-4-5-20(27)25-24-17/h2-5,12-13H,6-11H2,1H3,(H,25,27). The molecule has 0 unspecified atom stereocenters. The first-order valence-electron chi connectivity index (χ1n) is 10.2. The zero-order chi connectivity index (χ0) is 21.4. The molecule has 2 aliphatic rings. The molecule has 1 spiro atoms. The lowest BCUT2D eigenvalue weighted by Gasteiger charge is -2.44. The Morgan fingerprint density at radius 1 is 1.26 bits per heavy atom. The van der Waals surface area contributed by atoms with Crippen LogP contribution in [-0.2, 0) is 16.8 Å². The minimum atomic E-state index is -0.371. The number of likely N-dealkylation sites (tertiary alicyclic amines) is 1. The van der Waals surface area contributed by atoms with Crippen molar-refractivity contribution in [2.45, 2.75) is 24.9 Å². The van der Waals surface area contributed by atoms with Gasteiger partial charge in [0.1, 0.15) is 11.4 Å². The predicted molar refractivity (Wildman–Crippen MR) is 115 cm³/mol. The summed E-state index contributed by atoms with van der Waals surface area (Å²) in [5.41, 5.74) is 1.71. The predicted octanol–water partition coefficient (Wildman–Crippen LogP) is 2.61. The molecule has 0 radical (unpaired) electrons. The van der Waals surface area contributed by atoms with E-state index in [4.69, 9.17) is 9.47 Å². The van der Waals surface area contributed by atoms with E-state index in [1.807, 2.05) is 12.1 Å². The van der Waals surface area contributed by atoms with Gasteiger partial charge in [-0.1, -0.05) is 0 Å². The summed E-state index contributed by atoms with van der Waals surface area (Å²) in [6, 6.07) is 8.88. The average Bonchev–Trinajstić information content (AvgIpc) is 3.26. The number of fused-ring (bicyclic) bond motifs is 2. The van der Waals surface area contributed by atoms with Gasteiger partial charge in [-0.25, -0.2) is 5.10 Å². The Bertz CT molecular complexity index is 1140. The molecule has 3 aromatic heterocycles. The van der Waals surface area contributed by atoms with Crippen molar-refractivity contribution in [3.8, 4) is 16.3 Å². The van der Waals surface area contributed by atoms with Gasteiger partial charge in [0.25, 0.3) is 11.5 Å². The summed E-state index contributed by atoms with van der Waals surface area (Å²) in [5, 5.41) is 6.19. The summed E-state index contributed by atoms with van der Waals surface area (Å²) in [4.78, 5) is 32.7. The van der Waals surface area contributed by atoms with Crippen molar-refractivity contribution < 1.29 is 14.3 Å². The molecule has 3 aromatic rings. The Morgan fingerprint density at radius 2 is 2.10 bits per heavy atom. The smallest absolute Gasteiger partial charge is 0.274 e. The van der Waals surface area contributed by atoms with Crippen LogP contribution in [-0.4, -0.2) is 52.8 Å². The first-order chi connectivity index (χ1) is 15.1. The first kappa shape index (κ1) is 19.9. The number of piperidine rings is 1. The highest BCUT2D eigenvalue weighted by atomic mass is 32.1. The minimum Gasteiger partial charge on any atom is -0.495 e. The summed E-state index contributed by atoms with van der Waals surface area (Å²) in [6.45, 7) is 1.83. The van der Waals surface area contributed by atoms with Crippen molar-refractivity contribution in [1.82, 2.24) is 20.1 Å². The Hall–Kier alpha value is -3.04. The molecule has 8 nitrogen and oxygen atoms in total. The SMILES string of the molecule is COc1ccc(-c2cc3c(s2)CCOC32CCN(C(=O)c3ccc(=O)[nH]n3)CC2)nc1. The van der Waals surface area contributed by atoms with Gasteiger partial charge in [0.2, 0.25) is 0 Å². The maximum Gasteiger partial charge on any atom is 0.274 e. The van der Waals surface area contributed by atoms with Crippen molar-refractivity contribution in [3.63, 3.8) is 0 Å². The van der Waals surface area contributed by atoms with Crippen LogP contribution in [0, 0.1) is 0 Å². The molecule has 0 aliphatic carbocycles. The van der Waals surface area contributed by atoms with Gasteiger partial charge in [0.15, 0.2) is 0 Å². The average molecular weight is 439 g/mol. The van der Waals surface area contributed by atoms with Crippen LogP contribution in [0.15, 0.2) is 41.3 Å². The molecule has 0 bridgehead atoms. The molecular weight excluding hydrogens is 416 g/mol. The van der Waals surface area contributed by atoms with Crippen LogP contribution in [0.1, 0.15) is 33.8 Å². The quantitative estimate of drug-likeness (QED) is 0.675. The van der Waals surface area contributed by atoms with Crippen LogP contribution in [0.2, 0.25) is 0 Å². The molecule has 9 heteroatoms. The van der Waals surface area contributed by atoms with Crippen LogP contribution in [0.4, 0.5) is 0 Å². The fraction of sp³-hybridized carbons (Fsp3) is 0.364. The number of hydrogen-bond donors (Lipinski definition) is 1. The molecule has 1 N–H and O–H groups in total. The van der Waals surface area contributed by atoms with E-state index in [1.165, 1.54) is 22.6 Å². The number of methoxy groups -OCH3 is 1. The number of nitrogens with zero attached hydrogens (tertiary/aromatic N) is 3. The van der Waals surface area contributed by atoms with Crippen LogP contribution in [0.25, 0.3) is 10.6 Å². The van der Waals surface area contributed by atoms with Gasteiger partial charge in [-0.05, 0) is 42.7 Å². The number of ether oxygens (including phenoxy) is 2. The highest BCUT2D eigenvalue weighted by Gasteiger charge is 2.43. The zero-order valence-electron chi connectivity index (χ0n) is 17.1. The summed E-state index contributed by atoms with van der Waals surface area (Å²) in [5.74, 6) is 0.564. The molecule has 5 heterocycles. The summed E-state index contributed by atoms with van der Waals surface area (Å²) < 4.78 is 11.5. The van der Waals surface area contributed by atoms with Gasteiger partial charge in [-0.2, -0.15) is 5.10 Å². The van der Waals surface area contributed by atoms with E-state index in [2.05, 4.69) is 21.2 Å². The third-order valence-corrected chi connectivity index (χ3v) is 7.21. The monoisotopic (exact) mass is 438 g/mol. The number of carbonyl (C=O) groups excluding carboxylic acids is 1. The van der Waals surface area contributed by atoms with Gasteiger partial charge in [-0.3, -0.25) is 14.6 Å². The summed E-state index contributed by atoms with van der Waals surface area (Å²) in [6.07, 6.45) is 4.07. The number of aromatic nitrogens is 3. The number of amides is 1. The third-order valence-electron chi connectivity index (χ3n) is 5.99. The van der Waals surface area contributed by atoms with Crippen molar-refractivity contribution >= 4 is 17.2 Å². The molecule has 2 aliphatic heterocycles. The van der Waals surface area contributed by atoms with E-state index in [0.29, 0.717) is 19.7 Å². The van der Waals surface area contributed by atoms with E-state index in [-0.39, 0.29) is 22.8 Å². The number of pyridine rings is 1. The lowest BCUT2D eigenvalue weighted by atomic mass is 9.82. The Kier molecular flexibility index (Phi) is 5.07. The maximum absolute atomic E-state index is 12.8. The van der Waals surface area contributed by atoms with Gasteiger partial charge in [0.05, 0.1) is 36.1 Å². The van der Waals surface area contributed by atoms with Gasteiger partial charge >= 0.3 is 0 Å². The van der Waals surface area contributed by atoms with Crippen molar-refractivity contribution in [2.24, 2.45) is 0 Å². The fourth-order valence-corrected chi connectivity index (χ4v) is 5.51. The van der Waals surface area contributed by atoms with E-state index < -0.39 is 0 Å². The summed E-state index contributed by atoms with van der Waals surface area (Å²) in [7, 11) is 1.63.